The highest BCUT2D eigenvalue weighted by molar-refractivity contribution is 5.97. The Morgan fingerprint density at radius 3 is 2.68 bits per heavy atom. The summed E-state index contributed by atoms with van der Waals surface area (Å²) < 4.78 is 1.90. The summed E-state index contributed by atoms with van der Waals surface area (Å²) in [6.45, 7) is 6.06. The number of nitrogens with zero attached hydrogens (tertiary/aromatic N) is 6. The second kappa shape index (κ2) is 10.4. The molecule has 0 radical (unpaired) electrons. The van der Waals surface area contributed by atoms with Gasteiger partial charge in [-0.05, 0) is 74.9 Å². The summed E-state index contributed by atoms with van der Waals surface area (Å²) in [5.41, 5.74) is 7.14. The molecule has 186 valence electrons. The molecule has 0 unspecified atom stereocenters. The van der Waals surface area contributed by atoms with E-state index in [2.05, 4.69) is 56.4 Å². The molecule has 0 atom stereocenters. The van der Waals surface area contributed by atoms with Gasteiger partial charge in [-0.3, -0.25) is 4.98 Å². The zero-order valence-electron chi connectivity index (χ0n) is 21.7. The van der Waals surface area contributed by atoms with Gasteiger partial charge < -0.3 is 10.2 Å². The minimum absolute atomic E-state index is 0.196. The molecular formula is C30H31N7. The number of nitriles is 1. The van der Waals surface area contributed by atoms with Crippen LogP contribution in [-0.2, 0) is 0 Å². The van der Waals surface area contributed by atoms with Crippen molar-refractivity contribution >= 4 is 27.6 Å². The van der Waals surface area contributed by atoms with Gasteiger partial charge in [-0.25, -0.2) is 9.67 Å². The summed E-state index contributed by atoms with van der Waals surface area (Å²) in [6.07, 6.45) is 4.74. The number of fused-ring (bicyclic) bond motifs is 2. The Bertz CT molecular complexity index is 1610. The minimum Gasteiger partial charge on any atom is -0.384 e. The molecular weight excluding hydrogens is 458 g/mol. The Labute approximate surface area is 217 Å². The van der Waals surface area contributed by atoms with Crippen molar-refractivity contribution in [1.82, 2.24) is 24.6 Å². The first kappa shape index (κ1) is 24.4. The highest BCUT2D eigenvalue weighted by Gasteiger charge is 2.20. The fourth-order valence-corrected chi connectivity index (χ4v) is 4.64. The maximum atomic E-state index is 9.67. The van der Waals surface area contributed by atoms with Crippen molar-refractivity contribution in [2.75, 3.05) is 32.5 Å². The Morgan fingerprint density at radius 2 is 1.89 bits per heavy atom. The van der Waals surface area contributed by atoms with E-state index in [0.717, 1.165) is 69.6 Å². The van der Waals surface area contributed by atoms with Gasteiger partial charge in [-0.15, -0.1) is 0 Å². The van der Waals surface area contributed by atoms with Crippen LogP contribution in [-0.4, -0.2) is 51.8 Å². The summed E-state index contributed by atoms with van der Waals surface area (Å²) in [5, 5.41) is 20.3. The molecule has 7 heteroatoms. The van der Waals surface area contributed by atoms with Crippen molar-refractivity contribution in [3.8, 4) is 22.9 Å². The fraction of sp³-hybridized carbons (Fsp3) is 0.267. The van der Waals surface area contributed by atoms with Crippen LogP contribution in [0, 0.1) is 11.3 Å². The summed E-state index contributed by atoms with van der Waals surface area (Å²) in [4.78, 5) is 11.6. The normalized spacial score (nSPS) is 11.5. The van der Waals surface area contributed by atoms with Gasteiger partial charge in [0.15, 0.2) is 5.65 Å². The predicted octanol–water partition coefficient (Wildman–Crippen LogP) is 5.99. The lowest BCUT2D eigenvalue weighted by atomic mass is 9.98. The lowest BCUT2D eigenvalue weighted by Gasteiger charge is -2.13. The van der Waals surface area contributed by atoms with Crippen LogP contribution >= 0.6 is 0 Å². The maximum absolute atomic E-state index is 9.67. The van der Waals surface area contributed by atoms with Gasteiger partial charge in [0.1, 0.15) is 6.07 Å². The zero-order valence-corrected chi connectivity index (χ0v) is 21.7. The van der Waals surface area contributed by atoms with E-state index in [1.807, 2.05) is 59.5 Å². The Morgan fingerprint density at radius 1 is 1.05 bits per heavy atom. The van der Waals surface area contributed by atoms with Crippen LogP contribution in [0.5, 0.6) is 0 Å². The van der Waals surface area contributed by atoms with Gasteiger partial charge >= 0.3 is 0 Å². The molecule has 0 saturated heterocycles. The number of benzene rings is 2. The lowest BCUT2D eigenvalue weighted by molar-refractivity contribution is 0.405. The van der Waals surface area contributed by atoms with E-state index in [0.29, 0.717) is 5.56 Å². The molecule has 0 spiro atoms. The SMILES string of the molecule is CC(C)c1nn(-c2ccc(C#N)c(NCCCN(C)C)c2)c2nccc(-c3cnc4ccccc4c3)c12. The number of nitrogens with one attached hydrogen (secondary N) is 1. The van der Waals surface area contributed by atoms with E-state index in [1.54, 1.807) is 0 Å². The standard InChI is InChI=1S/C30H31N7/c1-20(2)29-28-25(23-16-21-8-5-6-9-26(21)34-19-23)12-14-33-30(28)37(35-29)24-11-10-22(18-31)27(17-24)32-13-7-15-36(3)4/h5-6,8-12,14,16-17,19-20,32H,7,13,15H2,1-4H3. The summed E-state index contributed by atoms with van der Waals surface area (Å²) in [6, 6.07) is 20.5. The first-order valence-electron chi connectivity index (χ1n) is 12.6. The van der Waals surface area contributed by atoms with Crippen LogP contribution in [0.25, 0.3) is 38.8 Å². The smallest absolute Gasteiger partial charge is 0.163 e. The second-order valence-corrected chi connectivity index (χ2v) is 9.85. The summed E-state index contributed by atoms with van der Waals surface area (Å²) in [7, 11) is 4.12. The first-order chi connectivity index (χ1) is 18.0. The summed E-state index contributed by atoms with van der Waals surface area (Å²) in [5.74, 6) is 0.196. The van der Waals surface area contributed by atoms with E-state index in [1.165, 1.54) is 0 Å². The number of aromatic nitrogens is 4. The predicted molar refractivity (Wildman–Crippen MR) is 150 cm³/mol. The van der Waals surface area contributed by atoms with Crippen molar-refractivity contribution in [3.05, 3.63) is 78.2 Å². The molecule has 37 heavy (non-hydrogen) atoms. The largest absolute Gasteiger partial charge is 0.384 e. The van der Waals surface area contributed by atoms with E-state index in [-0.39, 0.29) is 5.92 Å². The van der Waals surface area contributed by atoms with Gasteiger partial charge in [0.05, 0.1) is 33.5 Å². The quantitative estimate of drug-likeness (QED) is 0.269. The molecule has 0 fully saturated rings. The third-order valence-electron chi connectivity index (χ3n) is 6.51. The third-order valence-corrected chi connectivity index (χ3v) is 6.51. The molecule has 1 N–H and O–H groups in total. The van der Waals surface area contributed by atoms with Crippen LogP contribution in [0.15, 0.2) is 67.0 Å². The summed E-state index contributed by atoms with van der Waals surface area (Å²) >= 11 is 0. The Kier molecular flexibility index (Phi) is 6.85. The van der Waals surface area contributed by atoms with Crippen molar-refractivity contribution in [2.45, 2.75) is 26.2 Å². The molecule has 3 heterocycles. The molecule has 0 bridgehead atoms. The third kappa shape index (κ3) is 4.89. The topological polar surface area (TPSA) is 82.7 Å². The number of hydrogen-bond acceptors (Lipinski definition) is 6. The van der Waals surface area contributed by atoms with Crippen LogP contribution < -0.4 is 5.32 Å². The molecule has 0 aliphatic rings. The number of rotatable bonds is 8. The van der Waals surface area contributed by atoms with E-state index < -0.39 is 0 Å². The molecule has 0 saturated carbocycles. The number of pyridine rings is 2. The van der Waals surface area contributed by atoms with Gasteiger partial charge in [0.25, 0.3) is 0 Å². The lowest BCUT2D eigenvalue weighted by Crippen LogP contribution is -2.16. The van der Waals surface area contributed by atoms with Crippen LogP contribution in [0.1, 0.15) is 37.4 Å². The van der Waals surface area contributed by atoms with Gasteiger partial charge in [-0.1, -0.05) is 32.0 Å². The molecule has 0 amide bonds. The average Bonchev–Trinajstić information content (AvgIpc) is 3.31. The highest BCUT2D eigenvalue weighted by atomic mass is 15.3. The van der Waals surface area contributed by atoms with E-state index in [9.17, 15) is 5.26 Å². The Balaban J connectivity index is 1.61. The molecule has 0 aliphatic carbocycles. The number of anilines is 1. The first-order valence-corrected chi connectivity index (χ1v) is 12.6. The molecule has 5 aromatic rings. The second-order valence-electron chi connectivity index (χ2n) is 9.85. The van der Waals surface area contributed by atoms with Gasteiger partial charge in [0.2, 0.25) is 0 Å². The van der Waals surface area contributed by atoms with E-state index in [4.69, 9.17) is 15.1 Å². The maximum Gasteiger partial charge on any atom is 0.163 e. The Hall–Kier alpha value is -4.28. The van der Waals surface area contributed by atoms with Gasteiger partial charge in [-0.2, -0.15) is 10.4 Å². The highest BCUT2D eigenvalue weighted by Crippen LogP contribution is 2.35. The van der Waals surface area contributed by atoms with Crippen LogP contribution in [0.3, 0.4) is 0 Å². The van der Waals surface area contributed by atoms with Crippen LogP contribution in [0.4, 0.5) is 5.69 Å². The molecule has 5 rings (SSSR count). The van der Waals surface area contributed by atoms with Crippen LogP contribution in [0.2, 0.25) is 0 Å². The molecule has 3 aromatic heterocycles. The molecule has 7 nitrogen and oxygen atoms in total. The number of para-hydroxylation sites is 1. The molecule has 0 aliphatic heterocycles. The molecule has 2 aromatic carbocycles. The van der Waals surface area contributed by atoms with Crippen molar-refractivity contribution < 1.29 is 0 Å². The van der Waals surface area contributed by atoms with Gasteiger partial charge in [0, 0.05) is 29.9 Å². The number of hydrogen-bond donors (Lipinski definition) is 1. The zero-order chi connectivity index (χ0) is 25.9. The van der Waals surface area contributed by atoms with Crippen molar-refractivity contribution in [1.29, 1.82) is 5.26 Å². The monoisotopic (exact) mass is 489 g/mol. The fourth-order valence-electron chi connectivity index (χ4n) is 4.64. The van der Waals surface area contributed by atoms with Crippen molar-refractivity contribution in [2.24, 2.45) is 0 Å². The average molecular weight is 490 g/mol. The van der Waals surface area contributed by atoms with E-state index >= 15 is 0 Å². The minimum atomic E-state index is 0.196. The van der Waals surface area contributed by atoms with Crippen molar-refractivity contribution in [3.63, 3.8) is 0 Å².